The number of aryl methyl sites for hydroxylation is 2. The first-order valence-electron chi connectivity index (χ1n) is 8.19. The summed E-state index contributed by atoms with van der Waals surface area (Å²) in [6, 6.07) is 10.6. The molecule has 3 rings (SSSR count). The van der Waals surface area contributed by atoms with Crippen molar-refractivity contribution < 1.29 is 9.32 Å². The molecule has 1 amide bonds. The Balaban J connectivity index is 1.57. The lowest BCUT2D eigenvalue weighted by Crippen LogP contribution is -2.37. The molecule has 1 aromatic carbocycles. The molecule has 2 heterocycles. The van der Waals surface area contributed by atoms with Crippen molar-refractivity contribution in [2.45, 2.75) is 39.3 Å². The summed E-state index contributed by atoms with van der Waals surface area (Å²) in [5, 5.41) is 7.09. The van der Waals surface area contributed by atoms with Crippen molar-refractivity contribution in [3.63, 3.8) is 0 Å². The first kappa shape index (κ1) is 15.7. The molecule has 0 aliphatic carbocycles. The molecule has 122 valence electrons. The normalized spacial score (nSPS) is 18.3. The van der Waals surface area contributed by atoms with E-state index >= 15 is 0 Å². The number of hydrogen-bond donors (Lipinski definition) is 1. The molecule has 0 bridgehead atoms. The molecule has 0 spiro atoms. The van der Waals surface area contributed by atoms with Crippen molar-refractivity contribution in [3.8, 4) is 0 Å². The second-order valence-electron chi connectivity index (χ2n) is 6.09. The summed E-state index contributed by atoms with van der Waals surface area (Å²) in [7, 11) is 0. The molecular formula is C18H23N3O2. The number of rotatable bonds is 5. The summed E-state index contributed by atoms with van der Waals surface area (Å²) in [5.74, 6) is 0.533. The highest BCUT2D eigenvalue weighted by Crippen LogP contribution is 2.17. The Bertz CT molecular complexity index is 666. The molecule has 2 aromatic rings. The zero-order valence-corrected chi connectivity index (χ0v) is 13.7. The lowest BCUT2D eigenvalue weighted by Gasteiger charge is -2.16. The van der Waals surface area contributed by atoms with E-state index in [1.165, 1.54) is 5.56 Å². The monoisotopic (exact) mass is 313 g/mol. The summed E-state index contributed by atoms with van der Waals surface area (Å²) in [5.41, 5.74) is 2.65. The maximum Gasteiger partial charge on any atom is 0.257 e. The number of carbonyl (C=O) groups is 1. The lowest BCUT2D eigenvalue weighted by atomic mass is 10.1. The molecule has 1 aliphatic heterocycles. The number of nitrogens with zero attached hydrogens (tertiary/aromatic N) is 2. The first-order valence-corrected chi connectivity index (χ1v) is 8.19. The number of hydrogen-bond acceptors (Lipinski definition) is 4. The summed E-state index contributed by atoms with van der Waals surface area (Å²) in [6.07, 6.45) is 1.68. The number of benzene rings is 1. The fraction of sp³-hybridized carbons (Fsp3) is 0.444. The van der Waals surface area contributed by atoms with Crippen LogP contribution in [-0.2, 0) is 13.0 Å². The van der Waals surface area contributed by atoms with E-state index in [4.69, 9.17) is 4.52 Å². The summed E-state index contributed by atoms with van der Waals surface area (Å²) < 4.78 is 5.15. The predicted molar refractivity (Wildman–Crippen MR) is 88.2 cm³/mol. The first-order chi connectivity index (χ1) is 11.2. The van der Waals surface area contributed by atoms with Gasteiger partial charge in [-0.25, -0.2) is 0 Å². The third-order valence-electron chi connectivity index (χ3n) is 4.35. The lowest BCUT2D eigenvalue weighted by molar-refractivity contribution is 0.0935. The number of nitrogens with one attached hydrogen (secondary N) is 1. The van der Waals surface area contributed by atoms with Gasteiger partial charge in [-0.1, -0.05) is 42.4 Å². The number of carbonyl (C=O) groups excluding carboxylic acids is 1. The van der Waals surface area contributed by atoms with Gasteiger partial charge in [-0.2, -0.15) is 0 Å². The highest BCUT2D eigenvalue weighted by atomic mass is 16.5. The van der Waals surface area contributed by atoms with E-state index in [1.54, 1.807) is 6.92 Å². The molecule has 1 saturated heterocycles. The maximum absolute atomic E-state index is 12.5. The second-order valence-corrected chi connectivity index (χ2v) is 6.09. The Hall–Kier alpha value is -2.14. The van der Waals surface area contributed by atoms with E-state index in [2.05, 4.69) is 39.6 Å². The zero-order valence-electron chi connectivity index (χ0n) is 13.7. The van der Waals surface area contributed by atoms with Crippen LogP contribution in [0.25, 0.3) is 0 Å². The predicted octanol–water partition coefficient (Wildman–Crippen LogP) is 2.55. The van der Waals surface area contributed by atoms with Crippen molar-refractivity contribution in [2.75, 3.05) is 13.1 Å². The molecule has 5 heteroatoms. The van der Waals surface area contributed by atoms with E-state index < -0.39 is 0 Å². The molecule has 1 aromatic heterocycles. The summed E-state index contributed by atoms with van der Waals surface area (Å²) in [6.45, 7) is 6.58. The van der Waals surface area contributed by atoms with Gasteiger partial charge in [-0.05, 0) is 25.3 Å². The third-order valence-corrected chi connectivity index (χ3v) is 4.35. The topological polar surface area (TPSA) is 58.4 Å². The highest BCUT2D eigenvalue weighted by molar-refractivity contribution is 5.96. The Morgan fingerprint density at radius 3 is 2.91 bits per heavy atom. The number of aromatic nitrogens is 1. The summed E-state index contributed by atoms with van der Waals surface area (Å²) in [4.78, 5) is 14.9. The van der Waals surface area contributed by atoms with Gasteiger partial charge < -0.3 is 9.84 Å². The Kier molecular flexibility index (Phi) is 4.76. The van der Waals surface area contributed by atoms with E-state index in [-0.39, 0.29) is 11.9 Å². The molecule has 1 atom stereocenters. The molecule has 1 fully saturated rings. The second kappa shape index (κ2) is 6.96. The van der Waals surface area contributed by atoms with Gasteiger partial charge in [0.2, 0.25) is 0 Å². The van der Waals surface area contributed by atoms with E-state index in [0.717, 1.165) is 31.7 Å². The SMILES string of the molecule is CCc1noc(C)c1C(=O)N[C@@H]1CCN(Cc2ccccc2)C1. The van der Waals surface area contributed by atoms with Crippen LogP contribution in [0.2, 0.25) is 0 Å². The molecule has 23 heavy (non-hydrogen) atoms. The van der Waals surface area contributed by atoms with Crippen LogP contribution >= 0.6 is 0 Å². The fourth-order valence-electron chi connectivity index (χ4n) is 3.14. The molecule has 1 aliphatic rings. The Morgan fingerprint density at radius 2 is 2.17 bits per heavy atom. The smallest absolute Gasteiger partial charge is 0.257 e. The molecular weight excluding hydrogens is 290 g/mol. The van der Waals surface area contributed by atoms with E-state index in [1.807, 2.05) is 13.0 Å². The van der Waals surface area contributed by atoms with Gasteiger partial charge in [0.25, 0.3) is 5.91 Å². The Morgan fingerprint density at radius 1 is 1.39 bits per heavy atom. The van der Waals surface area contributed by atoms with Crippen LogP contribution in [0.15, 0.2) is 34.9 Å². The molecule has 1 N–H and O–H groups in total. The van der Waals surface area contributed by atoms with Gasteiger partial charge in [0.05, 0.1) is 5.69 Å². The van der Waals surface area contributed by atoms with Crippen molar-refractivity contribution >= 4 is 5.91 Å². The third kappa shape index (κ3) is 3.62. The van der Waals surface area contributed by atoms with Crippen molar-refractivity contribution in [1.29, 1.82) is 0 Å². The van der Waals surface area contributed by atoms with E-state index in [0.29, 0.717) is 17.7 Å². The van der Waals surface area contributed by atoms with Crippen LogP contribution in [0.3, 0.4) is 0 Å². The van der Waals surface area contributed by atoms with Crippen LogP contribution in [-0.4, -0.2) is 35.1 Å². The molecule has 0 radical (unpaired) electrons. The Labute approximate surface area is 136 Å². The number of likely N-dealkylation sites (tertiary alicyclic amines) is 1. The molecule has 5 nitrogen and oxygen atoms in total. The molecule has 0 saturated carbocycles. The van der Waals surface area contributed by atoms with Crippen LogP contribution in [0.5, 0.6) is 0 Å². The fourth-order valence-corrected chi connectivity index (χ4v) is 3.14. The summed E-state index contributed by atoms with van der Waals surface area (Å²) >= 11 is 0. The average Bonchev–Trinajstić information content (AvgIpc) is 3.14. The van der Waals surface area contributed by atoms with Gasteiger partial charge in [0.1, 0.15) is 11.3 Å². The van der Waals surface area contributed by atoms with E-state index in [9.17, 15) is 4.79 Å². The minimum atomic E-state index is -0.0628. The minimum Gasteiger partial charge on any atom is -0.361 e. The van der Waals surface area contributed by atoms with Crippen molar-refractivity contribution in [1.82, 2.24) is 15.4 Å². The maximum atomic E-state index is 12.5. The van der Waals surface area contributed by atoms with Gasteiger partial charge in [-0.15, -0.1) is 0 Å². The van der Waals surface area contributed by atoms with Crippen LogP contribution in [0.1, 0.15) is 40.7 Å². The largest absolute Gasteiger partial charge is 0.361 e. The molecule has 0 unspecified atom stereocenters. The van der Waals surface area contributed by atoms with Crippen LogP contribution < -0.4 is 5.32 Å². The average molecular weight is 313 g/mol. The quantitative estimate of drug-likeness (QED) is 0.921. The van der Waals surface area contributed by atoms with Gasteiger partial charge in [-0.3, -0.25) is 9.69 Å². The highest BCUT2D eigenvalue weighted by Gasteiger charge is 2.26. The van der Waals surface area contributed by atoms with Gasteiger partial charge in [0.15, 0.2) is 0 Å². The standard InChI is InChI=1S/C18H23N3O2/c1-3-16-17(13(2)23-20-16)18(22)19-15-9-10-21(12-15)11-14-7-5-4-6-8-14/h4-8,15H,3,9-12H2,1-2H3,(H,19,22)/t15-/m1/s1. The minimum absolute atomic E-state index is 0.0628. The zero-order chi connectivity index (χ0) is 16.2. The van der Waals surface area contributed by atoms with Crippen molar-refractivity contribution in [3.05, 3.63) is 52.9 Å². The van der Waals surface area contributed by atoms with Crippen LogP contribution in [0.4, 0.5) is 0 Å². The number of amides is 1. The van der Waals surface area contributed by atoms with Gasteiger partial charge in [0, 0.05) is 25.7 Å². The van der Waals surface area contributed by atoms with Gasteiger partial charge >= 0.3 is 0 Å². The van der Waals surface area contributed by atoms with Crippen molar-refractivity contribution in [2.24, 2.45) is 0 Å². The van der Waals surface area contributed by atoms with Crippen LogP contribution in [0, 0.1) is 6.92 Å².